The molecule has 2 fully saturated rings. The molecular weight excluding hydrogens is 332 g/mol. The van der Waals surface area contributed by atoms with Gasteiger partial charge in [0, 0.05) is 25.2 Å². The van der Waals surface area contributed by atoms with Gasteiger partial charge in [-0.05, 0) is 65.6 Å². The number of halogens is 1. The van der Waals surface area contributed by atoms with Crippen LogP contribution in [-0.4, -0.2) is 49.5 Å². The van der Waals surface area contributed by atoms with Gasteiger partial charge in [-0.3, -0.25) is 4.90 Å². The quantitative estimate of drug-likeness (QED) is 0.753. The summed E-state index contributed by atoms with van der Waals surface area (Å²) in [5, 5.41) is 0. The first-order valence-corrected chi connectivity index (χ1v) is 9.62. The second kappa shape index (κ2) is 7.59. The summed E-state index contributed by atoms with van der Waals surface area (Å²) < 4.78 is 32.3. The van der Waals surface area contributed by atoms with Crippen molar-refractivity contribution in [3.8, 4) is 0 Å². The molecule has 0 saturated carbocycles. The molecule has 0 radical (unpaired) electrons. The van der Waals surface area contributed by atoms with E-state index < -0.39 is 18.3 Å². The molecule has 6 heteroatoms. The lowest BCUT2D eigenvalue weighted by molar-refractivity contribution is -0.00259. The number of likely N-dealkylation sites (N-methyl/N-ethyl adjacent to an activating group) is 1. The molecule has 2 aliphatic heterocycles. The van der Waals surface area contributed by atoms with Crippen molar-refractivity contribution in [3.63, 3.8) is 0 Å². The molecule has 1 atom stereocenters. The minimum Gasteiger partial charge on any atom is -0.399 e. The van der Waals surface area contributed by atoms with Gasteiger partial charge in [-0.1, -0.05) is 12.1 Å². The van der Waals surface area contributed by atoms with E-state index in [1.165, 1.54) is 12.5 Å². The average molecular weight is 363 g/mol. The fourth-order valence-electron chi connectivity index (χ4n) is 3.52. The molecule has 26 heavy (non-hydrogen) atoms. The van der Waals surface area contributed by atoms with Crippen LogP contribution in [0.1, 0.15) is 52.5 Å². The highest BCUT2D eigenvalue weighted by Crippen LogP contribution is 2.36. The van der Waals surface area contributed by atoms with Crippen LogP contribution in [0.25, 0.3) is 0 Å². The van der Waals surface area contributed by atoms with Crippen LogP contribution in [0.5, 0.6) is 0 Å². The molecule has 3 rings (SSSR count). The van der Waals surface area contributed by atoms with Crippen molar-refractivity contribution in [1.29, 1.82) is 0 Å². The van der Waals surface area contributed by atoms with Gasteiger partial charge in [-0.25, -0.2) is 4.39 Å². The molecule has 144 valence electrons. The van der Waals surface area contributed by atoms with E-state index in [-0.39, 0.29) is 5.82 Å². The molecule has 4 nitrogen and oxygen atoms in total. The lowest BCUT2D eigenvalue weighted by atomic mass is 9.78. The Balaban J connectivity index is 1.68. The van der Waals surface area contributed by atoms with Crippen LogP contribution in [-0.2, 0) is 20.6 Å². The maximum Gasteiger partial charge on any atom is 0.497 e. The van der Waals surface area contributed by atoms with Crippen LogP contribution in [0.15, 0.2) is 18.2 Å². The minimum atomic E-state index is -0.674. The summed E-state index contributed by atoms with van der Waals surface area (Å²) in [6, 6.07) is 5.22. The second-order valence-electron chi connectivity index (χ2n) is 8.63. The van der Waals surface area contributed by atoms with E-state index in [0.717, 1.165) is 38.1 Å². The summed E-state index contributed by atoms with van der Waals surface area (Å²) in [6.07, 6.45) is 3.82. The van der Waals surface area contributed by atoms with Gasteiger partial charge in [-0.2, -0.15) is 0 Å². The Labute approximate surface area is 157 Å². The number of hydrogen-bond donors (Lipinski definition) is 0. The number of rotatable bonds is 5. The van der Waals surface area contributed by atoms with Gasteiger partial charge in [0.2, 0.25) is 0 Å². The standard InChI is InChI=1S/C20H31BFNO3/c1-19(2)20(3,4)26-21(25-19)17-12-15(9-10-18(17)22)13-23(5)14-16-8-6-7-11-24-16/h9-10,12,16H,6-8,11,13-14H2,1-5H3. The molecule has 1 aromatic rings. The van der Waals surface area contributed by atoms with Crippen molar-refractivity contribution in [2.75, 3.05) is 20.2 Å². The van der Waals surface area contributed by atoms with E-state index in [2.05, 4.69) is 11.9 Å². The third kappa shape index (κ3) is 4.30. The zero-order chi connectivity index (χ0) is 18.9. The first kappa shape index (κ1) is 19.8. The summed E-state index contributed by atoms with van der Waals surface area (Å²) in [5.74, 6) is -0.287. The van der Waals surface area contributed by atoms with Crippen molar-refractivity contribution in [3.05, 3.63) is 29.6 Å². The molecule has 0 amide bonds. The number of ether oxygens (including phenoxy) is 1. The van der Waals surface area contributed by atoms with Crippen molar-refractivity contribution in [2.45, 2.75) is 70.8 Å². The van der Waals surface area contributed by atoms with E-state index >= 15 is 0 Å². The van der Waals surface area contributed by atoms with Gasteiger partial charge >= 0.3 is 7.12 Å². The van der Waals surface area contributed by atoms with E-state index in [1.54, 1.807) is 0 Å². The fourth-order valence-corrected chi connectivity index (χ4v) is 3.52. The fraction of sp³-hybridized carbons (Fsp3) is 0.700. The van der Waals surface area contributed by atoms with Gasteiger partial charge in [0.05, 0.1) is 17.3 Å². The normalized spacial score (nSPS) is 25.0. The summed E-state index contributed by atoms with van der Waals surface area (Å²) in [4.78, 5) is 2.23. The van der Waals surface area contributed by atoms with Crippen LogP contribution in [0, 0.1) is 5.82 Å². The van der Waals surface area contributed by atoms with Gasteiger partial charge in [-0.15, -0.1) is 0 Å². The summed E-state index contributed by atoms with van der Waals surface area (Å²) in [5.41, 5.74) is 0.572. The SMILES string of the molecule is CN(Cc1ccc(F)c(B2OC(C)(C)C(C)(C)O2)c1)CC1CCCCO1. The molecular formula is C20H31BFNO3. The highest BCUT2D eigenvalue weighted by molar-refractivity contribution is 6.62. The topological polar surface area (TPSA) is 30.9 Å². The van der Waals surface area contributed by atoms with Crippen LogP contribution >= 0.6 is 0 Å². The first-order valence-electron chi connectivity index (χ1n) is 9.62. The number of nitrogens with zero attached hydrogens (tertiary/aromatic N) is 1. The van der Waals surface area contributed by atoms with Crippen LogP contribution in [0.2, 0.25) is 0 Å². The molecule has 0 aliphatic carbocycles. The summed E-state index contributed by atoms with van der Waals surface area (Å²) in [6.45, 7) is 10.4. The Morgan fingerprint density at radius 2 is 1.85 bits per heavy atom. The summed E-state index contributed by atoms with van der Waals surface area (Å²) in [7, 11) is 1.41. The van der Waals surface area contributed by atoms with Gasteiger partial charge in [0.15, 0.2) is 0 Å². The zero-order valence-corrected chi connectivity index (χ0v) is 16.7. The Hall–Kier alpha value is -0.945. The number of benzene rings is 1. The van der Waals surface area contributed by atoms with Gasteiger partial charge < -0.3 is 14.0 Å². The molecule has 1 aromatic carbocycles. The molecule has 1 unspecified atom stereocenters. The largest absolute Gasteiger partial charge is 0.497 e. The predicted octanol–water partition coefficient (Wildman–Crippen LogP) is 3.13. The number of hydrogen-bond acceptors (Lipinski definition) is 4. The zero-order valence-electron chi connectivity index (χ0n) is 16.7. The molecule has 0 spiro atoms. The van der Waals surface area contributed by atoms with Gasteiger partial charge in [0.25, 0.3) is 0 Å². The Bertz CT molecular complexity index is 615. The highest BCUT2D eigenvalue weighted by atomic mass is 19.1. The third-order valence-electron chi connectivity index (χ3n) is 5.81. The maximum absolute atomic E-state index is 14.4. The minimum absolute atomic E-state index is 0.287. The Kier molecular flexibility index (Phi) is 5.78. The average Bonchev–Trinajstić information content (AvgIpc) is 2.78. The van der Waals surface area contributed by atoms with Crippen LogP contribution in [0.4, 0.5) is 4.39 Å². The van der Waals surface area contributed by atoms with Crippen LogP contribution in [0.3, 0.4) is 0 Å². The van der Waals surface area contributed by atoms with E-state index in [9.17, 15) is 4.39 Å². The molecule has 2 aliphatic rings. The maximum atomic E-state index is 14.4. The van der Waals surface area contributed by atoms with Gasteiger partial charge in [0.1, 0.15) is 5.82 Å². The van der Waals surface area contributed by atoms with Crippen molar-refractivity contribution >= 4 is 12.6 Å². The molecule has 0 N–H and O–H groups in total. The molecule has 0 aromatic heterocycles. The summed E-state index contributed by atoms with van der Waals surface area (Å²) >= 11 is 0. The Morgan fingerprint density at radius 3 is 2.46 bits per heavy atom. The van der Waals surface area contributed by atoms with Crippen molar-refractivity contribution < 1.29 is 18.4 Å². The molecule has 0 bridgehead atoms. The van der Waals surface area contributed by atoms with Crippen molar-refractivity contribution in [1.82, 2.24) is 4.90 Å². The monoisotopic (exact) mass is 363 g/mol. The molecule has 2 saturated heterocycles. The molecule has 2 heterocycles. The van der Waals surface area contributed by atoms with Crippen molar-refractivity contribution in [2.24, 2.45) is 0 Å². The van der Waals surface area contributed by atoms with E-state index in [4.69, 9.17) is 14.0 Å². The Morgan fingerprint density at radius 1 is 1.15 bits per heavy atom. The smallest absolute Gasteiger partial charge is 0.399 e. The van der Waals surface area contributed by atoms with E-state index in [1.807, 2.05) is 39.8 Å². The lowest BCUT2D eigenvalue weighted by Gasteiger charge is -2.32. The third-order valence-corrected chi connectivity index (χ3v) is 5.81. The highest BCUT2D eigenvalue weighted by Gasteiger charge is 2.52. The first-order chi connectivity index (χ1) is 12.2. The van der Waals surface area contributed by atoms with E-state index in [0.29, 0.717) is 11.6 Å². The predicted molar refractivity (Wildman–Crippen MR) is 102 cm³/mol. The second-order valence-corrected chi connectivity index (χ2v) is 8.63. The lowest BCUT2D eigenvalue weighted by Crippen LogP contribution is -2.41. The van der Waals surface area contributed by atoms with Crippen LogP contribution < -0.4 is 5.46 Å².